The van der Waals surface area contributed by atoms with Crippen molar-refractivity contribution >= 4 is 29.1 Å². The molecule has 1 aliphatic heterocycles. The Bertz CT molecular complexity index is 836. The van der Waals surface area contributed by atoms with E-state index in [1.807, 2.05) is 24.4 Å². The third-order valence-electron chi connectivity index (χ3n) is 3.74. The van der Waals surface area contributed by atoms with Gasteiger partial charge in [-0.05, 0) is 36.6 Å². The summed E-state index contributed by atoms with van der Waals surface area (Å²) in [7, 11) is 0. The van der Waals surface area contributed by atoms with Crippen LogP contribution in [0.5, 0.6) is 11.5 Å². The number of carbonyl (C=O) groups is 3. The summed E-state index contributed by atoms with van der Waals surface area (Å²) in [5, 5.41) is 7.09. The van der Waals surface area contributed by atoms with Gasteiger partial charge in [-0.2, -0.15) is 0 Å². The van der Waals surface area contributed by atoms with Crippen molar-refractivity contribution in [1.29, 1.82) is 0 Å². The van der Waals surface area contributed by atoms with E-state index in [4.69, 9.17) is 14.2 Å². The van der Waals surface area contributed by atoms with Crippen LogP contribution in [-0.2, 0) is 14.3 Å². The number of amides is 2. The van der Waals surface area contributed by atoms with E-state index in [2.05, 4.69) is 10.6 Å². The van der Waals surface area contributed by atoms with Gasteiger partial charge in [0.15, 0.2) is 18.1 Å². The fraction of sp³-hybridized carbons (Fsp3) is 0.278. The fourth-order valence-electron chi connectivity index (χ4n) is 2.38. The van der Waals surface area contributed by atoms with Crippen molar-refractivity contribution in [3.05, 3.63) is 46.2 Å². The second-order valence-electron chi connectivity index (χ2n) is 5.72. The molecule has 0 aliphatic carbocycles. The van der Waals surface area contributed by atoms with Crippen molar-refractivity contribution in [1.82, 2.24) is 10.6 Å². The van der Waals surface area contributed by atoms with Crippen LogP contribution in [-0.4, -0.2) is 37.7 Å². The van der Waals surface area contributed by atoms with Crippen LogP contribution in [0, 0.1) is 0 Å². The molecule has 0 fully saturated rings. The van der Waals surface area contributed by atoms with E-state index < -0.39 is 24.4 Å². The molecule has 0 radical (unpaired) electrons. The van der Waals surface area contributed by atoms with Crippen molar-refractivity contribution < 1.29 is 28.6 Å². The molecule has 2 amide bonds. The SMILES string of the molecule is C[C@H](NC(=O)COC(=O)CNC(=O)c1ccc2c(c1)OCO2)c1cccs1. The van der Waals surface area contributed by atoms with E-state index in [9.17, 15) is 14.4 Å². The van der Waals surface area contributed by atoms with E-state index in [1.54, 1.807) is 12.1 Å². The highest BCUT2D eigenvalue weighted by atomic mass is 32.1. The minimum atomic E-state index is -0.706. The van der Waals surface area contributed by atoms with Crippen LogP contribution in [0.1, 0.15) is 28.2 Å². The highest BCUT2D eigenvalue weighted by molar-refractivity contribution is 7.10. The number of carbonyl (C=O) groups excluding carboxylic acids is 3. The van der Waals surface area contributed by atoms with Crippen molar-refractivity contribution in [2.45, 2.75) is 13.0 Å². The van der Waals surface area contributed by atoms with Gasteiger partial charge in [-0.1, -0.05) is 6.07 Å². The topological polar surface area (TPSA) is 103 Å². The van der Waals surface area contributed by atoms with Gasteiger partial charge in [0.2, 0.25) is 6.79 Å². The zero-order valence-corrected chi connectivity index (χ0v) is 15.3. The van der Waals surface area contributed by atoms with Gasteiger partial charge in [0.05, 0.1) is 6.04 Å². The van der Waals surface area contributed by atoms with Gasteiger partial charge in [-0.3, -0.25) is 14.4 Å². The Labute approximate surface area is 159 Å². The first-order valence-corrected chi connectivity index (χ1v) is 9.07. The minimum absolute atomic E-state index is 0.111. The summed E-state index contributed by atoms with van der Waals surface area (Å²) in [6, 6.07) is 8.35. The summed E-state index contributed by atoms with van der Waals surface area (Å²) in [6.07, 6.45) is 0. The Morgan fingerprint density at radius 1 is 1.22 bits per heavy atom. The molecule has 0 spiro atoms. The largest absolute Gasteiger partial charge is 0.454 e. The molecule has 1 aliphatic rings. The molecule has 1 atom stereocenters. The third-order valence-corrected chi connectivity index (χ3v) is 4.79. The van der Waals surface area contributed by atoms with E-state index in [1.165, 1.54) is 17.4 Å². The van der Waals surface area contributed by atoms with E-state index in [0.29, 0.717) is 17.1 Å². The van der Waals surface area contributed by atoms with Gasteiger partial charge < -0.3 is 24.8 Å². The van der Waals surface area contributed by atoms with Crippen LogP contribution in [0.2, 0.25) is 0 Å². The normalized spacial score (nSPS) is 12.9. The fourth-order valence-corrected chi connectivity index (χ4v) is 3.12. The Balaban J connectivity index is 1.39. The highest BCUT2D eigenvalue weighted by Crippen LogP contribution is 2.32. The first-order valence-electron chi connectivity index (χ1n) is 8.19. The Morgan fingerprint density at radius 2 is 2.04 bits per heavy atom. The third kappa shape index (κ3) is 4.98. The number of ether oxygens (including phenoxy) is 3. The van der Waals surface area contributed by atoms with Crippen LogP contribution >= 0.6 is 11.3 Å². The van der Waals surface area contributed by atoms with Gasteiger partial charge in [0.25, 0.3) is 11.8 Å². The summed E-state index contributed by atoms with van der Waals surface area (Å²) in [6.45, 7) is 1.20. The number of benzene rings is 1. The molecular weight excluding hydrogens is 372 g/mol. The molecule has 9 heteroatoms. The van der Waals surface area contributed by atoms with Crippen LogP contribution < -0.4 is 20.1 Å². The number of esters is 1. The lowest BCUT2D eigenvalue weighted by Crippen LogP contribution is -2.34. The van der Waals surface area contributed by atoms with Gasteiger partial charge in [-0.15, -0.1) is 11.3 Å². The molecule has 2 aromatic rings. The second kappa shape index (κ2) is 8.54. The molecule has 1 aromatic heterocycles. The van der Waals surface area contributed by atoms with Gasteiger partial charge in [-0.25, -0.2) is 0 Å². The molecule has 1 aromatic carbocycles. The minimum Gasteiger partial charge on any atom is -0.454 e. The van der Waals surface area contributed by atoms with E-state index >= 15 is 0 Å². The molecule has 0 saturated heterocycles. The zero-order valence-electron chi connectivity index (χ0n) is 14.5. The first-order chi connectivity index (χ1) is 13.0. The number of hydrogen-bond acceptors (Lipinski definition) is 7. The lowest BCUT2D eigenvalue weighted by molar-refractivity contribution is -0.147. The molecule has 0 unspecified atom stereocenters. The average Bonchev–Trinajstić information content (AvgIpc) is 3.35. The molecule has 2 heterocycles. The predicted octanol–water partition coefficient (Wildman–Crippen LogP) is 1.63. The summed E-state index contributed by atoms with van der Waals surface area (Å²) in [4.78, 5) is 36.6. The number of thiophene rings is 1. The van der Waals surface area contributed by atoms with Crippen LogP contribution in [0.15, 0.2) is 35.7 Å². The number of hydrogen-bond donors (Lipinski definition) is 2. The van der Waals surface area contributed by atoms with Gasteiger partial charge >= 0.3 is 5.97 Å². The molecule has 2 N–H and O–H groups in total. The maximum absolute atomic E-state index is 12.1. The molecule has 8 nitrogen and oxygen atoms in total. The lowest BCUT2D eigenvalue weighted by atomic mass is 10.2. The van der Waals surface area contributed by atoms with Gasteiger partial charge in [0, 0.05) is 10.4 Å². The summed E-state index contributed by atoms with van der Waals surface area (Å²) >= 11 is 1.53. The molecule has 0 saturated carbocycles. The standard InChI is InChI=1S/C18H18N2O6S/c1-11(15-3-2-6-27-15)20-16(21)9-24-17(22)8-19-18(23)12-4-5-13-14(7-12)26-10-25-13/h2-7,11H,8-10H2,1H3,(H,19,23)(H,20,21)/t11-/m0/s1. The Kier molecular flexibility index (Phi) is 5.92. The second-order valence-corrected chi connectivity index (χ2v) is 6.70. The lowest BCUT2D eigenvalue weighted by Gasteiger charge is -2.12. The van der Waals surface area contributed by atoms with Crippen molar-refractivity contribution in [2.24, 2.45) is 0 Å². The molecule has 0 bridgehead atoms. The van der Waals surface area contributed by atoms with Crippen molar-refractivity contribution in [2.75, 3.05) is 19.9 Å². The summed E-state index contributed by atoms with van der Waals surface area (Å²) in [5.41, 5.74) is 0.328. The maximum Gasteiger partial charge on any atom is 0.325 e. The molecule has 3 rings (SSSR count). The monoisotopic (exact) mass is 390 g/mol. The number of nitrogens with one attached hydrogen (secondary N) is 2. The smallest absolute Gasteiger partial charge is 0.325 e. The average molecular weight is 390 g/mol. The Morgan fingerprint density at radius 3 is 2.81 bits per heavy atom. The van der Waals surface area contributed by atoms with Crippen LogP contribution in [0.4, 0.5) is 0 Å². The summed E-state index contributed by atoms with van der Waals surface area (Å²) < 4.78 is 15.2. The van der Waals surface area contributed by atoms with Crippen LogP contribution in [0.3, 0.4) is 0 Å². The van der Waals surface area contributed by atoms with Crippen LogP contribution in [0.25, 0.3) is 0 Å². The molecule has 142 valence electrons. The molecular formula is C18H18N2O6S. The maximum atomic E-state index is 12.1. The van der Waals surface area contributed by atoms with Gasteiger partial charge in [0.1, 0.15) is 6.54 Å². The van der Waals surface area contributed by atoms with E-state index in [-0.39, 0.29) is 19.4 Å². The first kappa shape index (κ1) is 18.7. The van der Waals surface area contributed by atoms with E-state index in [0.717, 1.165) is 4.88 Å². The number of rotatable bonds is 7. The molecule has 27 heavy (non-hydrogen) atoms. The number of fused-ring (bicyclic) bond motifs is 1. The Hall–Kier alpha value is -3.07. The quantitative estimate of drug-likeness (QED) is 0.697. The zero-order chi connectivity index (χ0) is 19.2. The summed E-state index contributed by atoms with van der Waals surface area (Å²) in [5.74, 6) is -0.536. The van der Waals surface area contributed by atoms with Crippen molar-refractivity contribution in [3.63, 3.8) is 0 Å². The van der Waals surface area contributed by atoms with Crippen molar-refractivity contribution in [3.8, 4) is 11.5 Å². The highest BCUT2D eigenvalue weighted by Gasteiger charge is 2.17. The predicted molar refractivity (Wildman–Crippen MR) is 96.7 cm³/mol.